The molecular formula is C23H26BrN3O3S. The lowest BCUT2D eigenvalue weighted by Crippen LogP contribution is -2.34. The van der Waals surface area contributed by atoms with Crippen molar-refractivity contribution >= 4 is 50.8 Å². The van der Waals surface area contributed by atoms with E-state index in [1.807, 2.05) is 24.8 Å². The number of likely N-dealkylation sites (tertiary alicyclic amines) is 1. The number of thiocarbonyl (C=S) groups is 1. The highest BCUT2D eigenvalue weighted by molar-refractivity contribution is 9.10. The van der Waals surface area contributed by atoms with Gasteiger partial charge in [0.25, 0.3) is 11.8 Å². The summed E-state index contributed by atoms with van der Waals surface area (Å²) in [6, 6.07) is 12.4. The van der Waals surface area contributed by atoms with Crippen LogP contribution in [0.4, 0.5) is 5.69 Å². The summed E-state index contributed by atoms with van der Waals surface area (Å²) in [7, 11) is 0. The molecule has 1 aliphatic heterocycles. The smallest absolute Gasteiger partial charge is 0.261 e. The van der Waals surface area contributed by atoms with Gasteiger partial charge < -0.3 is 15.0 Å². The average molecular weight is 504 g/mol. The van der Waals surface area contributed by atoms with Crippen molar-refractivity contribution in [2.45, 2.75) is 26.7 Å². The zero-order chi connectivity index (χ0) is 22.4. The molecule has 0 atom stereocenters. The van der Waals surface area contributed by atoms with Crippen LogP contribution in [0.5, 0.6) is 5.75 Å². The Kier molecular flexibility index (Phi) is 8.03. The zero-order valence-corrected chi connectivity index (χ0v) is 20.0. The Hall–Kier alpha value is -2.45. The number of hydrogen-bond acceptors (Lipinski definition) is 4. The minimum atomic E-state index is -0.373. The van der Waals surface area contributed by atoms with Gasteiger partial charge in [-0.15, -0.1) is 0 Å². The molecule has 2 aromatic carbocycles. The molecule has 2 amide bonds. The normalized spacial score (nSPS) is 13.2. The Morgan fingerprint density at radius 1 is 1.16 bits per heavy atom. The molecule has 1 fully saturated rings. The number of halogens is 1. The molecule has 0 unspecified atom stereocenters. The van der Waals surface area contributed by atoms with Gasteiger partial charge in [0.2, 0.25) is 0 Å². The molecule has 0 radical (unpaired) electrons. The zero-order valence-electron chi connectivity index (χ0n) is 17.6. The van der Waals surface area contributed by atoms with E-state index < -0.39 is 0 Å². The Labute approximate surface area is 196 Å². The van der Waals surface area contributed by atoms with E-state index in [4.69, 9.17) is 17.0 Å². The monoisotopic (exact) mass is 503 g/mol. The van der Waals surface area contributed by atoms with Gasteiger partial charge in [-0.3, -0.25) is 14.9 Å². The molecule has 1 aliphatic rings. The van der Waals surface area contributed by atoms with E-state index in [-0.39, 0.29) is 16.9 Å². The molecule has 1 saturated heterocycles. The largest absolute Gasteiger partial charge is 0.492 e. The van der Waals surface area contributed by atoms with Crippen molar-refractivity contribution in [3.05, 3.63) is 58.1 Å². The van der Waals surface area contributed by atoms with Gasteiger partial charge in [0.15, 0.2) is 5.11 Å². The summed E-state index contributed by atoms with van der Waals surface area (Å²) in [6.45, 7) is 6.17. The molecule has 0 saturated carbocycles. The third-order valence-corrected chi connectivity index (χ3v) is 5.44. The molecule has 2 N–H and O–H groups in total. The van der Waals surface area contributed by atoms with Crippen molar-refractivity contribution in [2.24, 2.45) is 5.92 Å². The molecule has 0 aromatic heterocycles. The number of amides is 2. The van der Waals surface area contributed by atoms with Crippen LogP contribution in [0, 0.1) is 5.92 Å². The summed E-state index contributed by atoms with van der Waals surface area (Å²) in [5, 5.41) is 5.82. The molecule has 3 rings (SSSR count). The van der Waals surface area contributed by atoms with Crippen molar-refractivity contribution in [1.82, 2.24) is 10.2 Å². The van der Waals surface area contributed by atoms with Gasteiger partial charge >= 0.3 is 0 Å². The summed E-state index contributed by atoms with van der Waals surface area (Å²) in [4.78, 5) is 27.3. The molecule has 6 nitrogen and oxygen atoms in total. The fourth-order valence-electron chi connectivity index (χ4n) is 3.23. The summed E-state index contributed by atoms with van der Waals surface area (Å²) in [6.07, 6.45) is 2.08. The molecule has 0 spiro atoms. The van der Waals surface area contributed by atoms with Gasteiger partial charge in [-0.25, -0.2) is 0 Å². The van der Waals surface area contributed by atoms with Crippen LogP contribution >= 0.6 is 28.1 Å². The molecule has 8 heteroatoms. The van der Waals surface area contributed by atoms with Gasteiger partial charge in [0.05, 0.1) is 12.2 Å². The lowest BCUT2D eigenvalue weighted by Gasteiger charge is -2.16. The van der Waals surface area contributed by atoms with Crippen molar-refractivity contribution in [3.63, 3.8) is 0 Å². The lowest BCUT2D eigenvalue weighted by molar-refractivity contribution is 0.0792. The number of benzene rings is 2. The third kappa shape index (κ3) is 6.51. The summed E-state index contributed by atoms with van der Waals surface area (Å²) >= 11 is 8.71. The van der Waals surface area contributed by atoms with Crippen LogP contribution in [0.25, 0.3) is 0 Å². The Bertz CT molecular complexity index is 974. The van der Waals surface area contributed by atoms with E-state index in [0.717, 1.165) is 30.4 Å². The summed E-state index contributed by atoms with van der Waals surface area (Å²) in [5.74, 6) is 0.465. The molecule has 2 aromatic rings. The van der Waals surface area contributed by atoms with Crippen LogP contribution in [-0.4, -0.2) is 41.5 Å². The van der Waals surface area contributed by atoms with Crippen LogP contribution in [0.3, 0.4) is 0 Å². The maximum absolute atomic E-state index is 12.8. The van der Waals surface area contributed by atoms with E-state index in [1.54, 1.807) is 36.4 Å². The van der Waals surface area contributed by atoms with Crippen LogP contribution in [0.1, 0.15) is 47.4 Å². The number of carbonyl (C=O) groups is 2. The van der Waals surface area contributed by atoms with E-state index in [1.165, 1.54) is 0 Å². The quantitative estimate of drug-likeness (QED) is 0.551. The lowest BCUT2D eigenvalue weighted by atomic mass is 10.1. The van der Waals surface area contributed by atoms with Gasteiger partial charge in [0, 0.05) is 28.8 Å². The van der Waals surface area contributed by atoms with Crippen LogP contribution in [0.2, 0.25) is 0 Å². The first-order chi connectivity index (χ1) is 14.8. The summed E-state index contributed by atoms with van der Waals surface area (Å²) in [5.41, 5.74) is 1.62. The number of nitrogens with zero attached hydrogens (tertiary/aromatic N) is 1. The molecule has 31 heavy (non-hydrogen) atoms. The van der Waals surface area contributed by atoms with Gasteiger partial charge in [-0.05, 0) is 67.4 Å². The highest BCUT2D eigenvalue weighted by atomic mass is 79.9. The van der Waals surface area contributed by atoms with Crippen molar-refractivity contribution in [2.75, 3.05) is 25.0 Å². The number of nitrogens with one attached hydrogen (secondary N) is 2. The minimum absolute atomic E-state index is 0.0113. The van der Waals surface area contributed by atoms with Crippen LogP contribution in [-0.2, 0) is 0 Å². The Morgan fingerprint density at radius 2 is 1.90 bits per heavy atom. The van der Waals surface area contributed by atoms with Crippen LogP contribution < -0.4 is 15.4 Å². The minimum Gasteiger partial charge on any atom is -0.492 e. The van der Waals surface area contributed by atoms with Crippen molar-refractivity contribution < 1.29 is 14.3 Å². The predicted octanol–water partition coefficient (Wildman–Crippen LogP) is 4.85. The number of anilines is 1. The highest BCUT2D eigenvalue weighted by Crippen LogP contribution is 2.24. The number of carbonyl (C=O) groups excluding carboxylic acids is 2. The Morgan fingerprint density at radius 3 is 2.61 bits per heavy atom. The van der Waals surface area contributed by atoms with Gasteiger partial charge in [-0.1, -0.05) is 35.8 Å². The molecule has 0 aliphatic carbocycles. The maximum Gasteiger partial charge on any atom is 0.261 e. The van der Waals surface area contributed by atoms with E-state index in [0.29, 0.717) is 35.1 Å². The predicted molar refractivity (Wildman–Crippen MR) is 130 cm³/mol. The molecular weight excluding hydrogens is 478 g/mol. The topological polar surface area (TPSA) is 70.7 Å². The molecule has 0 bridgehead atoms. The first-order valence-electron chi connectivity index (χ1n) is 10.3. The average Bonchev–Trinajstić information content (AvgIpc) is 3.27. The number of hydrogen-bond donors (Lipinski definition) is 2. The molecule has 164 valence electrons. The first-order valence-corrected chi connectivity index (χ1v) is 11.5. The SMILES string of the molecule is CC(C)COc1ccc(Br)cc1C(=O)NC(=S)Nc1cccc(C(=O)N2CCCC2)c1. The third-order valence-electron chi connectivity index (χ3n) is 4.75. The van der Waals surface area contributed by atoms with E-state index in [9.17, 15) is 9.59 Å². The van der Waals surface area contributed by atoms with Crippen LogP contribution in [0.15, 0.2) is 46.9 Å². The fourth-order valence-corrected chi connectivity index (χ4v) is 3.80. The maximum atomic E-state index is 12.8. The highest BCUT2D eigenvalue weighted by Gasteiger charge is 2.20. The van der Waals surface area contributed by atoms with E-state index in [2.05, 4.69) is 26.6 Å². The fraction of sp³-hybridized carbons (Fsp3) is 0.348. The number of ether oxygens (including phenoxy) is 1. The second kappa shape index (κ2) is 10.7. The van der Waals surface area contributed by atoms with Gasteiger partial charge in [-0.2, -0.15) is 0 Å². The Balaban J connectivity index is 1.66. The van der Waals surface area contributed by atoms with E-state index >= 15 is 0 Å². The second-order valence-corrected chi connectivity index (χ2v) is 9.16. The number of rotatable bonds is 6. The second-order valence-electron chi connectivity index (χ2n) is 7.83. The van der Waals surface area contributed by atoms with Gasteiger partial charge in [0.1, 0.15) is 5.75 Å². The molecule has 1 heterocycles. The van der Waals surface area contributed by atoms with Crippen molar-refractivity contribution in [3.8, 4) is 5.75 Å². The standard InChI is InChI=1S/C23H26BrN3O3S/c1-15(2)14-30-20-9-8-17(24)13-19(20)21(28)26-23(31)25-18-7-5-6-16(12-18)22(29)27-10-3-4-11-27/h5-9,12-13,15H,3-4,10-11,14H2,1-2H3,(H2,25,26,28,31). The van der Waals surface area contributed by atoms with Crippen molar-refractivity contribution in [1.29, 1.82) is 0 Å². The first kappa shape index (κ1) is 23.2. The summed E-state index contributed by atoms with van der Waals surface area (Å²) < 4.78 is 6.54.